The van der Waals surface area contributed by atoms with Crippen LogP contribution in [0.3, 0.4) is 0 Å². The normalized spacial score (nSPS) is 36.6. The molecule has 1 aliphatic heterocycles. The van der Waals surface area contributed by atoms with Gasteiger partial charge in [-0.15, -0.1) is 0 Å². The SMILES string of the molecule is Cc1cccc([C@@]23CCC[C@@H](C2)N(C)C[C@H]3C)c1. The molecule has 0 spiro atoms. The topological polar surface area (TPSA) is 3.24 Å². The lowest BCUT2D eigenvalue weighted by molar-refractivity contribution is 0.0266. The number of rotatable bonds is 1. The lowest BCUT2D eigenvalue weighted by Gasteiger charge is -2.53. The van der Waals surface area contributed by atoms with E-state index in [1.54, 1.807) is 5.56 Å². The van der Waals surface area contributed by atoms with Gasteiger partial charge in [-0.25, -0.2) is 0 Å². The Hall–Kier alpha value is -0.820. The fourth-order valence-electron chi connectivity index (χ4n) is 4.36. The quantitative estimate of drug-likeness (QED) is 0.726. The maximum absolute atomic E-state index is 2.60. The maximum Gasteiger partial charge on any atom is 0.0101 e. The van der Waals surface area contributed by atoms with Crippen LogP contribution in [0.5, 0.6) is 0 Å². The first kappa shape index (κ1) is 12.2. The molecule has 1 saturated heterocycles. The number of aryl methyl sites for hydroxylation is 1. The molecule has 1 aliphatic carbocycles. The second-order valence-corrected chi connectivity index (χ2v) is 6.62. The number of benzene rings is 1. The molecule has 0 N–H and O–H groups in total. The van der Waals surface area contributed by atoms with Crippen LogP contribution in [-0.4, -0.2) is 24.5 Å². The molecule has 1 saturated carbocycles. The second kappa shape index (κ2) is 4.38. The Morgan fingerprint density at radius 2 is 2.17 bits per heavy atom. The van der Waals surface area contributed by atoms with Gasteiger partial charge >= 0.3 is 0 Å². The van der Waals surface area contributed by atoms with Crippen molar-refractivity contribution < 1.29 is 0 Å². The average Bonchev–Trinajstić information content (AvgIpc) is 2.37. The van der Waals surface area contributed by atoms with E-state index < -0.39 is 0 Å². The summed E-state index contributed by atoms with van der Waals surface area (Å²) in [6.07, 6.45) is 5.56. The van der Waals surface area contributed by atoms with Crippen LogP contribution in [-0.2, 0) is 5.41 Å². The molecule has 0 unspecified atom stereocenters. The Kier molecular flexibility index (Phi) is 2.97. The van der Waals surface area contributed by atoms with Crippen LogP contribution in [0, 0.1) is 12.8 Å². The minimum Gasteiger partial charge on any atom is -0.303 e. The van der Waals surface area contributed by atoms with E-state index in [1.165, 1.54) is 37.8 Å². The molecule has 2 aliphatic rings. The molecule has 3 atom stereocenters. The van der Waals surface area contributed by atoms with Crippen LogP contribution >= 0.6 is 0 Å². The first-order valence-corrected chi connectivity index (χ1v) is 7.39. The molecule has 1 heterocycles. The zero-order valence-electron chi connectivity index (χ0n) is 11.9. The highest BCUT2D eigenvalue weighted by Gasteiger charge is 2.46. The van der Waals surface area contributed by atoms with Crippen molar-refractivity contribution in [1.29, 1.82) is 0 Å². The van der Waals surface area contributed by atoms with Crippen molar-refractivity contribution in [2.45, 2.75) is 51.0 Å². The smallest absolute Gasteiger partial charge is 0.0101 e. The van der Waals surface area contributed by atoms with Crippen LogP contribution in [0.1, 0.15) is 43.7 Å². The third-order valence-corrected chi connectivity index (χ3v) is 5.48. The van der Waals surface area contributed by atoms with Gasteiger partial charge in [0.1, 0.15) is 0 Å². The van der Waals surface area contributed by atoms with Gasteiger partial charge in [-0.1, -0.05) is 43.2 Å². The molecule has 0 aromatic heterocycles. The van der Waals surface area contributed by atoms with Crippen LogP contribution in [0.2, 0.25) is 0 Å². The van der Waals surface area contributed by atoms with Gasteiger partial charge in [0.2, 0.25) is 0 Å². The van der Waals surface area contributed by atoms with E-state index in [1.807, 2.05) is 0 Å². The molecule has 0 amide bonds. The van der Waals surface area contributed by atoms with Crippen molar-refractivity contribution in [1.82, 2.24) is 4.90 Å². The highest BCUT2D eigenvalue weighted by molar-refractivity contribution is 5.32. The molecule has 0 radical (unpaired) electrons. The van der Waals surface area contributed by atoms with Crippen molar-refractivity contribution in [3.8, 4) is 0 Å². The number of hydrogen-bond acceptors (Lipinski definition) is 1. The summed E-state index contributed by atoms with van der Waals surface area (Å²) in [4.78, 5) is 2.60. The Labute approximate surface area is 111 Å². The third-order valence-electron chi connectivity index (χ3n) is 5.48. The number of hydrogen-bond donors (Lipinski definition) is 0. The van der Waals surface area contributed by atoms with Crippen LogP contribution in [0.15, 0.2) is 24.3 Å². The summed E-state index contributed by atoms with van der Waals surface area (Å²) in [7, 11) is 2.31. The van der Waals surface area contributed by atoms with Crippen molar-refractivity contribution >= 4 is 0 Å². The summed E-state index contributed by atoms with van der Waals surface area (Å²) in [6, 6.07) is 10.1. The van der Waals surface area contributed by atoms with E-state index in [4.69, 9.17) is 0 Å². The van der Waals surface area contributed by atoms with Crippen molar-refractivity contribution in [3.63, 3.8) is 0 Å². The molecular weight excluding hydrogens is 218 g/mol. The Morgan fingerprint density at radius 1 is 1.33 bits per heavy atom. The number of nitrogens with zero attached hydrogens (tertiary/aromatic N) is 1. The van der Waals surface area contributed by atoms with E-state index in [2.05, 4.69) is 50.1 Å². The lowest BCUT2D eigenvalue weighted by Crippen LogP contribution is -2.55. The highest BCUT2D eigenvalue weighted by atomic mass is 15.1. The summed E-state index contributed by atoms with van der Waals surface area (Å²) in [5.41, 5.74) is 3.48. The number of piperidine rings is 1. The minimum atomic E-state index is 0.460. The molecule has 1 heteroatoms. The first-order chi connectivity index (χ1) is 8.62. The number of likely N-dealkylation sites (tertiary alicyclic amines) is 1. The van der Waals surface area contributed by atoms with Gasteiger partial charge in [-0.2, -0.15) is 0 Å². The molecule has 1 aromatic rings. The van der Waals surface area contributed by atoms with Gasteiger partial charge in [0.25, 0.3) is 0 Å². The Bertz CT molecular complexity index is 439. The summed E-state index contributed by atoms with van der Waals surface area (Å²) < 4.78 is 0. The van der Waals surface area contributed by atoms with Gasteiger partial charge in [0.05, 0.1) is 0 Å². The van der Waals surface area contributed by atoms with Crippen LogP contribution in [0.25, 0.3) is 0 Å². The van der Waals surface area contributed by atoms with Crippen molar-refractivity contribution in [2.24, 2.45) is 5.92 Å². The van der Waals surface area contributed by atoms with Gasteiger partial charge in [-0.05, 0) is 44.7 Å². The van der Waals surface area contributed by atoms with E-state index in [0.29, 0.717) is 5.41 Å². The van der Waals surface area contributed by atoms with Gasteiger partial charge in [0.15, 0.2) is 0 Å². The molecular formula is C17H25N. The van der Waals surface area contributed by atoms with Gasteiger partial charge < -0.3 is 4.90 Å². The minimum absolute atomic E-state index is 0.460. The predicted octanol–water partition coefficient (Wildman–Crippen LogP) is 3.76. The molecule has 2 fully saturated rings. The van der Waals surface area contributed by atoms with Crippen LogP contribution < -0.4 is 0 Å². The lowest BCUT2D eigenvalue weighted by atomic mass is 9.59. The monoisotopic (exact) mass is 243 g/mol. The molecule has 3 rings (SSSR count). The number of fused-ring (bicyclic) bond motifs is 2. The fraction of sp³-hybridized carbons (Fsp3) is 0.647. The van der Waals surface area contributed by atoms with E-state index in [0.717, 1.165) is 12.0 Å². The molecule has 2 bridgehead atoms. The summed E-state index contributed by atoms with van der Waals surface area (Å²) in [5.74, 6) is 0.779. The van der Waals surface area contributed by atoms with Crippen LogP contribution in [0.4, 0.5) is 0 Å². The fourth-order valence-corrected chi connectivity index (χ4v) is 4.36. The Morgan fingerprint density at radius 3 is 2.94 bits per heavy atom. The summed E-state index contributed by atoms with van der Waals surface area (Å²) in [6.45, 7) is 5.94. The van der Waals surface area contributed by atoms with Gasteiger partial charge in [0, 0.05) is 18.0 Å². The second-order valence-electron chi connectivity index (χ2n) is 6.62. The van der Waals surface area contributed by atoms with E-state index in [-0.39, 0.29) is 0 Å². The summed E-state index contributed by atoms with van der Waals surface area (Å²) in [5, 5.41) is 0. The molecule has 1 aromatic carbocycles. The van der Waals surface area contributed by atoms with Crippen molar-refractivity contribution in [3.05, 3.63) is 35.4 Å². The van der Waals surface area contributed by atoms with Gasteiger partial charge in [-0.3, -0.25) is 0 Å². The van der Waals surface area contributed by atoms with Crippen molar-refractivity contribution in [2.75, 3.05) is 13.6 Å². The molecule has 18 heavy (non-hydrogen) atoms. The first-order valence-electron chi connectivity index (χ1n) is 7.39. The van der Waals surface area contributed by atoms with E-state index in [9.17, 15) is 0 Å². The largest absolute Gasteiger partial charge is 0.303 e. The zero-order valence-corrected chi connectivity index (χ0v) is 11.9. The molecule has 98 valence electrons. The predicted molar refractivity (Wildman–Crippen MR) is 76.9 cm³/mol. The summed E-state index contributed by atoms with van der Waals surface area (Å²) >= 11 is 0. The maximum atomic E-state index is 2.60. The Balaban J connectivity index is 2.01. The third kappa shape index (κ3) is 1.80. The zero-order chi connectivity index (χ0) is 12.8. The average molecular weight is 243 g/mol. The van der Waals surface area contributed by atoms with E-state index >= 15 is 0 Å². The molecule has 1 nitrogen and oxygen atoms in total. The standard InChI is InChI=1S/C17H25N/c1-13-6-4-7-15(10-13)17-9-5-8-16(11-17)18(3)12-14(17)2/h4,6-7,10,14,16H,5,8-9,11-12H2,1-3H3/t14-,16+,17+/m1/s1. The highest BCUT2D eigenvalue weighted by Crippen LogP contribution is 2.49.